The second-order valence-corrected chi connectivity index (χ2v) is 19.2. The molecule has 8 amide bonds. The fraction of sp³-hybridized carbons (Fsp3) is 0.463. The van der Waals surface area contributed by atoms with Gasteiger partial charge in [0, 0.05) is 55.9 Å². The second kappa shape index (κ2) is 26.8. The Morgan fingerprint density at radius 1 is 0.757 bits per heavy atom. The summed E-state index contributed by atoms with van der Waals surface area (Å²) in [6, 6.07) is 15.7. The molecule has 14 N–H and O–H groups in total. The van der Waals surface area contributed by atoms with Crippen LogP contribution in [0.15, 0.2) is 84.0 Å². The third-order valence-electron chi connectivity index (χ3n) is 13.8. The highest BCUT2D eigenvalue weighted by molar-refractivity contribution is 6.00. The van der Waals surface area contributed by atoms with Crippen molar-refractivity contribution in [3.8, 4) is 0 Å². The SMILES string of the molecule is CCCCC(=O)N[C@H]1CC(=O)NCCCC[C@@H](C(N)=O)NC(=O)[C@H](Cc2c[nH]c3ccccc23)NC(=O)[C@H](CCCN=C(N)N)NC(=O)[C@@H](Cc2ccccc2)NC(=O)C2(CCc3c(CC)cccc3C2)NC1=O. The maximum Gasteiger partial charge on any atom is 0.246 e. The van der Waals surface area contributed by atoms with E-state index in [1.807, 2.05) is 56.3 Å². The fourth-order valence-corrected chi connectivity index (χ4v) is 9.67. The summed E-state index contributed by atoms with van der Waals surface area (Å²) in [5.41, 5.74) is 20.5. The van der Waals surface area contributed by atoms with Crippen molar-refractivity contribution in [3.05, 3.63) is 107 Å². The number of H-pyrrole nitrogens is 1. The van der Waals surface area contributed by atoms with Crippen LogP contribution in [0.3, 0.4) is 0 Å². The Morgan fingerprint density at radius 2 is 1.47 bits per heavy atom. The number of aryl methyl sites for hydroxylation is 1. The number of nitrogens with two attached hydrogens (primary N) is 3. The Hall–Kier alpha value is -7.77. The number of aromatic nitrogens is 1. The topological polar surface area (TPSA) is 327 Å². The Labute approximate surface area is 431 Å². The molecule has 20 heteroatoms. The summed E-state index contributed by atoms with van der Waals surface area (Å²) in [7, 11) is 0. The van der Waals surface area contributed by atoms with E-state index in [0.29, 0.717) is 43.2 Å². The quantitative estimate of drug-likeness (QED) is 0.0490. The number of primary amides is 1. The van der Waals surface area contributed by atoms with E-state index in [-0.39, 0.29) is 70.4 Å². The van der Waals surface area contributed by atoms with E-state index in [2.05, 4.69) is 47.2 Å². The third kappa shape index (κ3) is 15.4. The first-order chi connectivity index (χ1) is 35.6. The first kappa shape index (κ1) is 55.5. The molecule has 3 aromatic carbocycles. The highest BCUT2D eigenvalue weighted by atomic mass is 16.2. The highest BCUT2D eigenvalue weighted by Gasteiger charge is 2.46. The Morgan fingerprint density at radius 3 is 2.22 bits per heavy atom. The average molecular weight is 1020 g/mol. The van der Waals surface area contributed by atoms with Crippen molar-refractivity contribution in [2.75, 3.05) is 13.1 Å². The zero-order valence-electron chi connectivity index (χ0n) is 42.4. The first-order valence-corrected chi connectivity index (χ1v) is 25.7. The van der Waals surface area contributed by atoms with Crippen LogP contribution in [0.25, 0.3) is 10.9 Å². The minimum Gasteiger partial charge on any atom is -0.370 e. The Balaban J connectivity index is 1.42. The number of aliphatic imine (C=N–C) groups is 1. The number of rotatable bonds is 14. The predicted molar refractivity (Wildman–Crippen MR) is 281 cm³/mol. The summed E-state index contributed by atoms with van der Waals surface area (Å²) < 4.78 is 0. The fourth-order valence-electron chi connectivity index (χ4n) is 9.67. The molecule has 1 saturated heterocycles. The lowest BCUT2D eigenvalue weighted by atomic mass is 9.75. The van der Waals surface area contributed by atoms with Crippen LogP contribution in [-0.2, 0) is 70.5 Å². The van der Waals surface area contributed by atoms with Gasteiger partial charge in [-0.2, -0.15) is 0 Å². The number of nitrogens with zero attached hydrogens (tertiary/aromatic N) is 1. The molecule has 2 aliphatic rings. The largest absolute Gasteiger partial charge is 0.370 e. The molecule has 2 heterocycles. The van der Waals surface area contributed by atoms with Gasteiger partial charge in [0.25, 0.3) is 0 Å². The zero-order valence-corrected chi connectivity index (χ0v) is 42.4. The lowest BCUT2D eigenvalue weighted by Crippen LogP contribution is -2.67. The first-order valence-electron chi connectivity index (χ1n) is 25.7. The molecule has 1 aromatic heterocycles. The predicted octanol–water partition coefficient (Wildman–Crippen LogP) is 1.40. The number of hydrogen-bond donors (Lipinski definition) is 11. The molecule has 396 valence electrons. The van der Waals surface area contributed by atoms with Gasteiger partial charge in [-0.05, 0) is 91.7 Å². The zero-order chi connectivity index (χ0) is 53.2. The number of fused-ring (bicyclic) bond motifs is 2. The number of para-hydroxylation sites is 1. The molecule has 20 nitrogen and oxygen atoms in total. The monoisotopic (exact) mass is 1020 g/mol. The van der Waals surface area contributed by atoms with Gasteiger partial charge in [0.1, 0.15) is 35.7 Å². The van der Waals surface area contributed by atoms with Crippen LogP contribution in [0.4, 0.5) is 0 Å². The molecular formula is C54H72N12O8. The maximum atomic E-state index is 15.3. The van der Waals surface area contributed by atoms with Crippen molar-refractivity contribution in [2.45, 2.75) is 146 Å². The van der Waals surface area contributed by atoms with E-state index in [0.717, 1.165) is 34.0 Å². The normalized spacial score (nSPS) is 22.7. The number of nitrogens with one attached hydrogen (secondary N) is 8. The lowest BCUT2D eigenvalue weighted by Gasteiger charge is -2.40. The third-order valence-corrected chi connectivity index (χ3v) is 13.8. The molecule has 1 aliphatic heterocycles. The Kier molecular flexibility index (Phi) is 20.1. The van der Waals surface area contributed by atoms with Gasteiger partial charge < -0.3 is 59.4 Å². The van der Waals surface area contributed by atoms with Gasteiger partial charge in [-0.25, -0.2) is 0 Å². The standard InChI is InChI=1S/C54H72N12O8/c1-3-5-23-45(67)61-44-30-46(68)58-26-12-11-21-40(47(55)69)62-50(72)43(29-36-32-60-39-20-10-9-19-38(36)39)64-48(70)41(22-14-27-59-53(56)57)63-49(71)42(28-33-15-7-6-8-16-33)65-52(74)54(66-51(44)73)25-24-37-34(4-2)17-13-18-35(37)31-54/h6-10,13,15-20,32,40-44,60H,3-5,11-12,14,21-31H2,1-2H3,(H2,55,69)(H,58,68)(H,61,67)(H,62,72)(H,63,71)(H,64,70)(H,65,74)(H,66,73)(H4,56,57,59)/t40-,41-,42+,43-,44-,54?/m0/s1. The molecule has 74 heavy (non-hydrogen) atoms. The van der Waals surface area contributed by atoms with E-state index in [4.69, 9.17) is 17.2 Å². The number of amides is 8. The van der Waals surface area contributed by atoms with E-state index >= 15 is 4.79 Å². The summed E-state index contributed by atoms with van der Waals surface area (Å²) in [4.78, 5) is 121. The number of hydrogen-bond acceptors (Lipinski definition) is 9. The van der Waals surface area contributed by atoms with Crippen molar-refractivity contribution < 1.29 is 38.4 Å². The van der Waals surface area contributed by atoms with Crippen molar-refractivity contribution in [3.63, 3.8) is 0 Å². The maximum absolute atomic E-state index is 15.3. The molecule has 0 bridgehead atoms. The summed E-state index contributed by atoms with van der Waals surface area (Å²) in [5, 5.41) is 20.7. The van der Waals surface area contributed by atoms with Gasteiger partial charge >= 0.3 is 0 Å². The second-order valence-electron chi connectivity index (χ2n) is 19.2. The number of unbranched alkanes of at least 4 members (excludes halogenated alkanes) is 1. The van der Waals surface area contributed by atoms with E-state index < -0.39 is 89.4 Å². The molecule has 0 saturated carbocycles. The van der Waals surface area contributed by atoms with Crippen molar-refractivity contribution in [1.82, 2.24) is 42.2 Å². The lowest BCUT2D eigenvalue weighted by molar-refractivity contribution is -0.139. The average Bonchev–Trinajstić information content (AvgIpc) is 3.79. The van der Waals surface area contributed by atoms with E-state index in [1.165, 1.54) is 0 Å². The van der Waals surface area contributed by atoms with Gasteiger partial charge in [0.15, 0.2) is 5.96 Å². The summed E-state index contributed by atoms with van der Waals surface area (Å²) in [5.74, 6) is -5.67. The number of aromatic amines is 1. The molecule has 4 aromatic rings. The van der Waals surface area contributed by atoms with Crippen molar-refractivity contribution >= 4 is 64.1 Å². The van der Waals surface area contributed by atoms with Crippen molar-refractivity contribution in [2.24, 2.45) is 22.2 Å². The minimum absolute atomic E-state index is 0.0135. The van der Waals surface area contributed by atoms with Crippen molar-refractivity contribution in [1.29, 1.82) is 0 Å². The van der Waals surface area contributed by atoms with Gasteiger partial charge in [-0.15, -0.1) is 0 Å². The minimum atomic E-state index is -1.68. The van der Waals surface area contributed by atoms with E-state index in [9.17, 15) is 33.6 Å². The van der Waals surface area contributed by atoms with Crippen LogP contribution in [0.1, 0.15) is 106 Å². The molecule has 1 fully saturated rings. The molecule has 0 radical (unpaired) electrons. The Bertz CT molecular complexity index is 2670. The van der Waals surface area contributed by atoms with Crippen LogP contribution in [-0.4, -0.2) is 107 Å². The number of carbonyl (C=O) groups is 8. The van der Waals surface area contributed by atoms with Crippen LogP contribution >= 0.6 is 0 Å². The molecule has 1 spiro atoms. The molecule has 6 atom stereocenters. The van der Waals surface area contributed by atoms with Crippen LogP contribution in [0.2, 0.25) is 0 Å². The van der Waals surface area contributed by atoms with Gasteiger partial charge in [-0.3, -0.25) is 43.3 Å². The molecule has 1 aliphatic carbocycles. The molecule has 1 unspecified atom stereocenters. The van der Waals surface area contributed by atoms with Crippen LogP contribution in [0, 0.1) is 0 Å². The number of benzene rings is 3. The van der Waals surface area contributed by atoms with E-state index in [1.54, 1.807) is 36.5 Å². The van der Waals surface area contributed by atoms with Gasteiger partial charge in [0.05, 0.1) is 6.42 Å². The van der Waals surface area contributed by atoms with Gasteiger partial charge in [0.2, 0.25) is 47.3 Å². The smallest absolute Gasteiger partial charge is 0.246 e. The number of guanidine groups is 1. The van der Waals surface area contributed by atoms with Crippen LogP contribution in [0.5, 0.6) is 0 Å². The summed E-state index contributed by atoms with van der Waals surface area (Å²) >= 11 is 0. The van der Waals surface area contributed by atoms with Crippen LogP contribution < -0.4 is 54.4 Å². The summed E-state index contributed by atoms with van der Waals surface area (Å²) in [6.45, 7) is 4.17. The molecule has 6 rings (SSSR count). The van der Waals surface area contributed by atoms with Gasteiger partial charge in [-0.1, -0.05) is 87.0 Å². The number of carbonyl (C=O) groups excluding carboxylic acids is 8. The summed E-state index contributed by atoms with van der Waals surface area (Å²) in [6.07, 6.45) is 4.74. The highest BCUT2D eigenvalue weighted by Crippen LogP contribution is 2.32. The molecular weight excluding hydrogens is 945 g/mol.